The number of hydrogen-bond donors (Lipinski definition) is 3. The second kappa shape index (κ2) is 4.44. The van der Waals surface area contributed by atoms with Crippen LogP contribution in [0.15, 0.2) is 0 Å². The number of carbonyl (C=O) groups is 3. The summed E-state index contributed by atoms with van der Waals surface area (Å²) in [6.45, 7) is 1.17. The lowest BCUT2D eigenvalue weighted by atomic mass is 9.91. The highest BCUT2D eigenvalue weighted by molar-refractivity contribution is 5.83. The summed E-state index contributed by atoms with van der Waals surface area (Å²) in [5, 5.41) is 25.3. The first kappa shape index (κ1) is 11.4. The van der Waals surface area contributed by atoms with Gasteiger partial charge >= 0.3 is 17.9 Å². The quantitative estimate of drug-likeness (QED) is 0.557. The molecule has 0 aliphatic heterocycles. The van der Waals surface area contributed by atoms with Crippen molar-refractivity contribution in [2.75, 3.05) is 0 Å². The van der Waals surface area contributed by atoms with Crippen LogP contribution in [0.2, 0.25) is 0 Å². The van der Waals surface area contributed by atoms with Gasteiger partial charge in [-0.2, -0.15) is 0 Å². The number of carboxylic acids is 3. The van der Waals surface area contributed by atoms with Gasteiger partial charge in [0.05, 0.1) is 18.3 Å². The normalized spacial score (nSPS) is 14.5. The summed E-state index contributed by atoms with van der Waals surface area (Å²) in [5.74, 6) is -6.62. The molecule has 0 radical (unpaired) electrons. The minimum absolute atomic E-state index is 0.678. The minimum Gasteiger partial charge on any atom is -0.481 e. The van der Waals surface area contributed by atoms with Gasteiger partial charge in [0, 0.05) is 0 Å². The molecule has 0 bridgehead atoms. The summed E-state index contributed by atoms with van der Waals surface area (Å²) in [5.41, 5.74) is 0. The van der Waals surface area contributed by atoms with Crippen molar-refractivity contribution in [2.45, 2.75) is 13.3 Å². The zero-order valence-electron chi connectivity index (χ0n) is 6.93. The molecule has 3 N–H and O–H groups in total. The predicted molar refractivity (Wildman–Crippen MR) is 40.2 cm³/mol. The third-order valence-electron chi connectivity index (χ3n) is 1.70. The maximum absolute atomic E-state index is 10.5. The second-order valence-electron chi connectivity index (χ2n) is 2.67. The molecule has 0 saturated heterocycles. The molecule has 0 spiro atoms. The van der Waals surface area contributed by atoms with E-state index in [9.17, 15) is 14.4 Å². The highest BCUT2D eigenvalue weighted by Crippen LogP contribution is 2.16. The summed E-state index contributed by atoms with van der Waals surface area (Å²) < 4.78 is 0. The molecule has 0 aromatic carbocycles. The summed E-state index contributed by atoms with van der Waals surface area (Å²) in [4.78, 5) is 31.0. The van der Waals surface area contributed by atoms with E-state index in [0.717, 1.165) is 0 Å². The van der Waals surface area contributed by atoms with E-state index in [4.69, 9.17) is 15.3 Å². The van der Waals surface area contributed by atoms with Crippen LogP contribution in [0.4, 0.5) is 0 Å². The van der Waals surface area contributed by atoms with Gasteiger partial charge in [-0.3, -0.25) is 14.4 Å². The predicted octanol–water partition coefficient (Wildman–Crippen LogP) is -0.117. The number of hydrogen-bond acceptors (Lipinski definition) is 3. The fourth-order valence-corrected chi connectivity index (χ4v) is 0.838. The van der Waals surface area contributed by atoms with Gasteiger partial charge in [-0.25, -0.2) is 0 Å². The molecule has 6 nitrogen and oxygen atoms in total. The standard InChI is InChI=1S/C7H10O6/c1-3(6(10)11)4(7(12)13)2-5(8)9/h3-4H,2H2,1H3,(H,8,9)(H,10,11)(H,12,13). The van der Waals surface area contributed by atoms with Crippen molar-refractivity contribution in [3.8, 4) is 0 Å². The van der Waals surface area contributed by atoms with Crippen molar-refractivity contribution in [1.29, 1.82) is 0 Å². The molecule has 0 rings (SSSR count). The molecular weight excluding hydrogens is 180 g/mol. The lowest BCUT2D eigenvalue weighted by Gasteiger charge is -2.13. The molecule has 0 aromatic heterocycles. The van der Waals surface area contributed by atoms with E-state index in [1.165, 1.54) is 6.92 Å². The van der Waals surface area contributed by atoms with Crippen LogP contribution in [0.5, 0.6) is 0 Å². The van der Waals surface area contributed by atoms with E-state index in [-0.39, 0.29) is 0 Å². The van der Waals surface area contributed by atoms with Crippen LogP contribution in [0.1, 0.15) is 13.3 Å². The fraction of sp³-hybridized carbons (Fsp3) is 0.571. The summed E-state index contributed by atoms with van der Waals surface area (Å²) in [6, 6.07) is 0. The van der Waals surface area contributed by atoms with Gasteiger partial charge in [0.25, 0.3) is 0 Å². The van der Waals surface area contributed by atoms with Crippen molar-refractivity contribution < 1.29 is 29.7 Å². The molecular formula is C7H10O6. The van der Waals surface area contributed by atoms with E-state index in [0.29, 0.717) is 0 Å². The SMILES string of the molecule is CC(C(=O)O)C(CC(=O)O)C(=O)O. The van der Waals surface area contributed by atoms with Crippen LogP contribution in [0.25, 0.3) is 0 Å². The summed E-state index contributed by atoms with van der Waals surface area (Å²) in [6.07, 6.45) is -0.678. The molecule has 0 saturated carbocycles. The number of rotatable bonds is 5. The third-order valence-corrected chi connectivity index (χ3v) is 1.70. The van der Waals surface area contributed by atoms with Crippen molar-refractivity contribution in [1.82, 2.24) is 0 Å². The fourth-order valence-electron chi connectivity index (χ4n) is 0.838. The monoisotopic (exact) mass is 190 g/mol. The largest absolute Gasteiger partial charge is 0.481 e. The van der Waals surface area contributed by atoms with E-state index >= 15 is 0 Å². The first-order valence-electron chi connectivity index (χ1n) is 3.53. The third kappa shape index (κ3) is 3.55. The summed E-state index contributed by atoms with van der Waals surface area (Å²) >= 11 is 0. The Kier molecular flexibility index (Phi) is 3.90. The van der Waals surface area contributed by atoms with Crippen LogP contribution < -0.4 is 0 Å². The Morgan fingerprint density at radius 2 is 1.54 bits per heavy atom. The second-order valence-corrected chi connectivity index (χ2v) is 2.67. The van der Waals surface area contributed by atoms with Gasteiger partial charge < -0.3 is 15.3 Å². The lowest BCUT2D eigenvalue weighted by Crippen LogP contribution is -2.29. The van der Waals surface area contributed by atoms with E-state index in [2.05, 4.69) is 0 Å². The molecule has 0 aromatic rings. The Morgan fingerprint density at radius 3 is 1.77 bits per heavy atom. The van der Waals surface area contributed by atoms with E-state index < -0.39 is 36.2 Å². The molecule has 0 aliphatic carbocycles. The first-order valence-corrected chi connectivity index (χ1v) is 3.53. The van der Waals surface area contributed by atoms with Crippen LogP contribution in [0, 0.1) is 11.8 Å². The van der Waals surface area contributed by atoms with Gasteiger partial charge in [-0.15, -0.1) is 0 Å². The molecule has 0 aliphatic rings. The lowest BCUT2D eigenvalue weighted by molar-refractivity contribution is -0.156. The molecule has 74 valence electrons. The molecule has 0 fully saturated rings. The topological polar surface area (TPSA) is 112 Å². The van der Waals surface area contributed by atoms with Crippen LogP contribution in [-0.2, 0) is 14.4 Å². The van der Waals surface area contributed by atoms with Crippen molar-refractivity contribution in [3.63, 3.8) is 0 Å². The highest BCUT2D eigenvalue weighted by atomic mass is 16.4. The van der Waals surface area contributed by atoms with Crippen molar-refractivity contribution >= 4 is 17.9 Å². The first-order chi connectivity index (χ1) is 5.86. The van der Waals surface area contributed by atoms with Gasteiger partial charge in [0.2, 0.25) is 0 Å². The van der Waals surface area contributed by atoms with Gasteiger partial charge in [0.15, 0.2) is 0 Å². The molecule has 6 heteroatoms. The highest BCUT2D eigenvalue weighted by Gasteiger charge is 2.31. The maximum Gasteiger partial charge on any atom is 0.307 e. The molecule has 13 heavy (non-hydrogen) atoms. The Morgan fingerprint density at radius 1 is 1.08 bits per heavy atom. The van der Waals surface area contributed by atoms with Crippen LogP contribution in [-0.4, -0.2) is 33.2 Å². The zero-order chi connectivity index (χ0) is 10.6. The Balaban J connectivity index is 4.51. The number of aliphatic carboxylic acids is 3. The van der Waals surface area contributed by atoms with Crippen molar-refractivity contribution in [3.05, 3.63) is 0 Å². The minimum atomic E-state index is -1.41. The van der Waals surface area contributed by atoms with Gasteiger partial charge in [-0.05, 0) is 0 Å². The molecule has 0 heterocycles. The van der Waals surface area contributed by atoms with Gasteiger partial charge in [0.1, 0.15) is 0 Å². The van der Waals surface area contributed by atoms with Gasteiger partial charge in [-0.1, -0.05) is 6.92 Å². The Bertz CT molecular complexity index is 233. The Hall–Kier alpha value is -1.59. The van der Waals surface area contributed by atoms with E-state index in [1.54, 1.807) is 0 Å². The Labute approximate surface area is 73.8 Å². The van der Waals surface area contributed by atoms with Crippen LogP contribution in [0.3, 0.4) is 0 Å². The van der Waals surface area contributed by atoms with Crippen LogP contribution >= 0.6 is 0 Å². The average molecular weight is 190 g/mol. The summed E-state index contributed by atoms with van der Waals surface area (Å²) in [7, 11) is 0. The maximum atomic E-state index is 10.5. The van der Waals surface area contributed by atoms with E-state index in [1.807, 2.05) is 0 Å². The zero-order valence-corrected chi connectivity index (χ0v) is 6.93. The van der Waals surface area contributed by atoms with Crippen molar-refractivity contribution in [2.24, 2.45) is 11.8 Å². The molecule has 0 amide bonds. The molecule has 2 unspecified atom stereocenters. The molecule has 2 atom stereocenters. The smallest absolute Gasteiger partial charge is 0.307 e. The average Bonchev–Trinajstić information content (AvgIpc) is 1.97. The number of carboxylic acid groups (broad SMARTS) is 3.